The van der Waals surface area contributed by atoms with Crippen LogP contribution in [0, 0.1) is 13.8 Å². The number of hydrogen-bond donors (Lipinski definition) is 1. The Kier molecular flexibility index (Phi) is 4.08. The fourth-order valence-corrected chi connectivity index (χ4v) is 2.37. The van der Waals surface area contributed by atoms with Gasteiger partial charge in [-0.3, -0.25) is 4.79 Å². The van der Waals surface area contributed by atoms with Gasteiger partial charge in [0.05, 0.1) is 13.5 Å². The maximum Gasteiger partial charge on any atom is 0.307 e. The molecular formula is C17H18O3. The Morgan fingerprint density at radius 1 is 1.10 bits per heavy atom. The van der Waals surface area contributed by atoms with Gasteiger partial charge in [0.15, 0.2) is 0 Å². The normalized spacial score (nSPS) is 10.3. The summed E-state index contributed by atoms with van der Waals surface area (Å²) in [5, 5.41) is 8.91. The first kappa shape index (κ1) is 14.1. The second kappa shape index (κ2) is 5.78. The lowest BCUT2D eigenvalue weighted by Crippen LogP contribution is -2.01. The Morgan fingerprint density at radius 2 is 1.85 bits per heavy atom. The van der Waals surface area contributed by atoms with Crippen LogP contribution in [0.15, 0.2) is 36.4 Å². The zero-order chi connectivity index (χ0) is 14.7. The van der Waals surface area contributed by atoms with Crippen LogP contribution in [-0.2, 0) is 11.2 Å². The number of aliphatic carboxylic acids is 1. The molecule has 3 nitrogen and oxygen atoms in total. The molecule has 0 saturated heterocycles. The van der Waals surface area contributed by atoms with Crippen LogP contribution in [0.2, 0.25) is 0 Å². The van der Waals surface area contributed by atoms with E-state index >= 15 is 0 Å². The molecule has 1 N–H and O–H groups in total. The van der Waals surface area contributed by atoms with E-state index in [1.54, 1.807) is 13.2 Å². The van der Waals surface area contributed by atoms with Crippen molar-refractivity contribution in [2.45, 2.75) is 20.3 Å². The van der Waals surface area contributed by atoms with Crippen LogP contribution in [0.3, 0.4) is 0 Å². The van der Waals surface area contributed by atoms with Gasteiger partial charge >= 0.3 is 5.97 Å². The molecular weight excluding hydrogens is 252 g/mol. The van der Waals surface area contributed by atoms with Crippen LogP contribution < -0.4 is 4.74 Å². The lowest BCUT2D eigenvalue weighted by atomic mass is 9.96. The molecule has 20 heavy (non-hydrogen) atoms. The molecule has 0 heterocycles. The summed E-state index contributed by atoms with van der Waals surface area (Å²) in [6.07, 6.45) is 0.0158. The third-order valence-electron chi connectivity index (χ3n) is 3.29. The Balaban J connectivity index is 2.55. The second-order valence-corrected chi connectivity index (χ2v) is 4.92. The Labute approximate surface area is 118 Å². The minimum atomic E-state index is -0.832. The van der Waals surface area contributed by atoms with E-state index in [-0.39, 0.29) is 6.42 Å². The smallest absolute Gasteiger partial charge is 0.307 e. The van der Waals surface area contributed by atoms with Crippen molar-refractivity contribution in [1.29, 1.82) is 0 Å². The molecule has 0 bridgehead atoms. The Bertz CT molecular complexity index is 645. The van der Waals surface area contributed by atoms with E-state index in [0.29, 0.717) is 0 Å². The van der Waals surface area contributed by atoms with Crippen molar-refractivity contribution < 1.29 is 14.6 Å². The highest BCUT2D eigenvalue weighted by Gasteiger charge is 2.11. The van der Waals surface area contributed by atoms with Gasteiger partial charge in [0.25, 0.3) is 0 Å². The van der Waals surface area contributed by atoms with Crippen LogP contribution in [0.4, 0.5) is 0 Å². The molecule has 0 atom stereocenters. The Hall–Kier alpha value is -2.29. The summed E-state index contributed by atoms with van der Waals surface area (Å²) in [4.78, 5) is 10.9. The van der Waals surface area contributed by atoms with Crippen LogP contribution in [0.1, 0.15) is 16.7 Å². The number of methoxy groups -OCH3 is 1. The van der Waals surface area contributed by atoms with E-state index in [9.17, 15) is 4.79 Å². The SMILES string of the molecule is COc1ccc(CC(=O)O)cc1-c1ccc(C)cc1C. The molecule has 0 aliphatic carbocycles. The van der Waals surface area contributed by atoms with E-state index < -0.39 is 5.97 Å². The average molecular weight is 270 g/mol. The number of carbonyl (C=O) groups is 1. The summed E-state index contributed by atoms with van der Waals surface area (Å²) in [7, 11) is 1.62. The molecule has 0 radical (unpaired) electrons. The van der Waals surface area contributed by atoms with Gasteiger partial charge in [0.2, 0.25) is 0 Å². The first-order valence-corrected chi connectivity index (χ1v) is 6.47. The summed E-state index contributed by atoms with van der Waals surface area (Å²) < 4.78 is 5.40. The van der Waals surface area contributed by atoms with Crippen LogP contribution in [0.25, 0.3) is 11.1 Å². The molecule has 0 fully saturated rings. The van der Waals surface area contributed by atoms with Crippen LogP contribution in [-0.4, -0.2) is 18.2 Å². The molecule has 2 aromatic rings. The van der Waals surface area contributed by atoms with Gasteiger partial charge in [-0.1, -0.05) is 29.8 Å². The van der Waals surface area contributed by atoms with Crippen molar-refractivity contribution in [3.8, 4) is 16.9 Å². The molecule has 0 unspecified atom stereocenters. The van der Waals surface area contributed by atoms with Crippen molar-refractivity contribution in [3.05, 3.63) is 53.1 Å². The number of benzene rings is 2. The minimum absolute atomic E-state index is 0.0158. The van der Waals surface area contributed by atoms with Crippen molar-refractivity contribution in [1.82, 2.24) is 0 Å². The summed E-state index contributed by atoms with van der Waals surface area (Å²) >= 11 is 0. The highest BCUT2D eigenvalue weighted by Crippen LogP contribution is 2.33. The molecule has 2 aromatic carbocycles. The molecule has 0 spiro atoms. The van der Waals surface area contributed by atoms with Gasteiger partial charge < -0.3 is 9.84 Å². The fraction of sp³-hybridized carbons (Fsp3) is 0.235. The maximum atomic E-state index is 10.9. The highest BCUT2D eigenvalue weighted by atomic mass is 16.5. The molecule has 2 rings (SSSR count). The monoisotopic (exact) mass is 270 g/mol. The summed E-state index contributed by atoms with van der Waals surface area (Å²) in [5.74, 6) is -0.0761. The first-order valence-electron chi connectivity index (χ1n) is 6.47. The van der Waals surface area contributed by atoms with Gasteiger partial charge in [0, 0.05) is 5.56 Å². The van der Waals surface area contributed by atoms with Crippen molar-refractivity contribution >= 4 is 5.97 Å². The van der Waals surface area contributed by atoms with E-state index in [2.05, 4.69) is 13.0 Å². The van der Waals surface area contributed by atoms with Crippen molar-refractivity contribution in [2.24, 2.45) is 0 Å². The van der Waals surface area contributed by atoms with Crippen LogP contribution >= 0.6 is 0 Å². The highest BCUT2D eigenvalue weighted by molar-refractivity contribution is 5.76. The van der Waals surface area contributed by atoms with Crippen LogP contribution in [0.5, 0.6) is 5.75 Å². The summed E-state index contributed by atoms with van der Waals surface area (Å²) in [5.41, 5.74) is 5.12. The third kappa shape index (κ3) is 2.99. The summed E-state index contributed by atoms with van der Waals surface area (Å²) in [6, 6.07) is 11.7. The Morgan fingerprint density at radius 3 is 2.45 bits per heavy atom. The van der Waals surface area contributed by atoms with E-state index in [4.69, 9.17) is 9.84 Å². The van der Waals surface area contributed by atoms with Gasteiger partial charge in [-0.2, -0.15) is 0 Å². The minimum Gasteiger partial charge on any atom is -0.496 e. The fourth-order valence-electron chi connectivity index (χ4n) is 2.37. The lowest BCUT2D eigenvalue weighted by molar-refractivity contribution is -0.136. The predicted molar refractivity (Wildman–Crippen MR) is 79.2 cm³/mol. The number of carboxylic acid groups (broad SMARTS) is 1. The van der Waals surface area contributed by atoms with Gasteiger partial charge in [0.1, 0.15) is 5.75 Å². The zero-order valence-corrected chi connectivity index (χ0v) is 11.9. The van der Waals surface area contributed by atoms with Crippen molar-refractivity contribution in [3.63, 3.8) is 0 Å². The second-order valence-electron chi connectivity index (χ2n) is 4.92. The number of rotatable bonds is 4. The van der Waals surface area contributed by atoms with Crippen molar-refractivity contribution in [2.75, 3.05) is 7.11 Å². The molecule has 104 valence electrons. The largest absolute Gasteiger partial charge is 0.496 e. The van der Waals surface area contributed by atoms with Gasteiger partial charge in [-0.05, 0) is 42.7 Å². The molecule has 0 saturated carbocycles. The lowest BCUT2D eigenvalue weighted by Gasteiger charge is -2.13. The number of hydrogen-bond acceptors (Lipinski definition) is 2. The van der Waals surface area contributed by atoms with Gasteiger partial charge in [-0.25, -0.2) is 0 Å². The molecule has 0 aliphatic heterocycles. The quantitative estimate of drug-likeness (QED) is 0.923. The first-order chi connectivity index (χ1) is 9.51. The topological polar surface area (TPSA) is 46.5 Å². The van der Waals surface area contributed by atoms with E-state index in [0.717, 1.165) is 28.0 Å². The third-order valence-corrected chi connectivity index (χ3v) is 3.29. The van der Waals surface area contributed by atoms with Gasteiger partial charge in [-0.15, -0.1) is 0 Å². The molecule has 0 aliphatic rings. The standard InChI is InChI=1S/C17H18O3/c1-11-4-6-14(12(2)8-11)15-9-13(10-17(18)19)5-7-16(15)20-3/h4-9H,10H2,1-3H3,(H,18,19). The average Bonchev–Trinajstić information content (AvgIpc) is 2.38. The van der Waals surface area contributed by atoms with E-state index in [1.165, 1.54) is 5.56 Å². The maximum absolute atomic E-state index is 10.9. The summed E-state index contributed by atoms with van der Waals surface area (Å²) in [6.45, 7) is 4.10. The number of aryl methyl sites for hydroxylation is 2. The number of carboxylic acids is 1. The zero-order valence-electron chi connectivity index (χ0n) is 11.9. The molecule has 0 amide bonds. The number of ether oxygens (including phenoxy) is 1. The van der Waals surface area contributed by atoms with E-state index in [1.807, 2.05) is 31.2 Å². The predicted octanol–water partition coefficient (Wildman–Crippen LogP) is 3.61. The molecule has 0 aromatic heterocycles. The molecule has 3 heteroatoms.